The van der Waals surface area contributed by atoms with Gasteiger partial charge in [-0.2, -0.15) is 0 Å². The fraction of sp³-hybridized carbons (Fsp3) is 0.286. The van der Waals surface area contributed by atoms with Gasteiger partial charge in [0.1, 0.15) is 11.9 Å². The van der Waals surface area contributed by atoms with Gasteiger partial charge in [0.15, 0.2) is 0 Å². The van der Waals surface area contributed by atoms with E-state index in [0.717, 1.165) is 5.56 Å². The van der Waals surface area contributed by atoms with E-state index in [1.165, 1.54) is 29.2 Å². The molecule has 0 spiro atoms. The number of amides is 2. The zero-order chi connectivity index (χ0) is 26.8. The molecule has 37 heavy (non-hydrogen) atoms. The first-order chi connectivity index (χ1) is 17.7. The van der Waals surface area contributed by atoms with E-state index >= 15 is 0 Å². The largest absolute Gasteiger partial charge is 0.354 e. The number of likely N-dealkylation sites (N-methyl/N-ethyl adjacent to an activating group) is 1. The molecule has 3 aromatic rings. The fourth-order valence-electron chi connectivity index (χ4n) is 3.99. The molecule has 0 radical (unpaired) electrons. The second kappa shape index (κ2) is 13.1. The Morgan fingerprint density at radius 3 is 2.08 bits per heavy atom. The molecular formula is C28H32FN3O4S. The number of rotatable bonds is 12. The van der Waals surface area contributed by atoms with E-state index < -0.39 is 16.1 Å². The predicted octanol–water partition coefficient (Wildman–Crippen LogP) is 3.96. The van der Waals surface area contributed by atoms with Crippen LogP contribution >= 0.6 is 0 Å². The standard InChI is InChI=1S/C28H32FN3O4S/c1-3-30-28(34)27(23-8-6-5-7-9-23)32(20-22-10-15-24(29)16-11-22)26(33)19-14-21-12-17-25(18-13-21)37(35,36)31-4-2/h5-13,15-18,27,31H,3-4,14,19-20H2,1-2H3,(H,30,34)/t27-/m0/s1. The minimum absolute atomic E-state index is 0.100. The van der Waals surface area contributed by atoms with Gasteiger partial charge < -0.3 is 10.2 Å². The molecular weight excluding hydrogens is 493 g/mol. The Labute approximate surface area is 217 Å². The molecule has 196 valence electrons. The van der Waals surface area contributed by atoms with Crippen LogP contribution in [0.15, 0.2) is 83.8 Å². The Kier molecular flexibility index (Phi) is 9.93. The van der Waals surface area contributed by atoms with Crippen LogP contribution < -0.4 is 10.0 Å². The minimum Gasteiger partial charge on any atom is -0.354 e. The van der Waals surface area contributed by atoms with Gasteiger partial charge in [-0.1, -0.05) is 61.5 Å². The number of nitrogens with zero attached hydrogens (tertiary/aromatic N) is 1. The maximum absolute atomic E-state index is 13.6. The van der Waals surface area contributed by atoms with Crippen LogP contribution in [-0.2, 0) is 32.6 Å². The van der Waals surface area contributed by atoms with Crippen molar-refractivity contribution in [3.63, 3.8) is 0 Å². The van der Waals surface area contributed by atoms with Crippen LogP contribution in [0.25, 0.3) is 0 Å². The third-order valence-corrected chi connectivity index (χ3v) is 7.37. The van der Waals surface area contributed by atoms with Crippen molar-refractivity contribution in [1.29, 1.82) is 0 Å². The summed E-state index contributed by atoms with van der Waals surface area (Å²) < 4.78 is 40.3. The molecule has 0 saturated carbocycles. The molecule has 0 aromatic heterocycles. The molecule has 1 atom stereocenters. The number of aryl methyl sites for hydroxylation is 1. The van der Waals surface area contributed by atoms with Crippen LogP contribution in [0.2, 0.25) is 0 Å². The first-order valence-corrected chi connectivity index (χ1v) is 13.7. The Hall–Kier alpha value is -3.56. The first kappa shape index (κ1) is 28.0. The van der Waals surface area contributed by atoms with Gasteiger partial charge in [0.25, 0.3) is 0 Å². The monoisotopic (exact) mass is 525 g/mol. The number of benzene rings is 3. The Morgan fingerprint density at radius 1 is 0.865 bits per heavy atom. The predicted molar refractivity (Wildman–Crippen MR) is 140 cm³/mol. The second-order valence-corrected chi connectivity index (χ2v) is 10.3. The van der Waals surface area contributed by atoms with Gasteiger partial charge in [0.2, 0.25) is 21.8 Å². The van der Waals surface area contributed by atoms with E-state index in [2.05, 4.69) is 10.0 Å². The van der Waals surface area contributed by atoms with Gasteiger partial charge in [-0.15, -0.1) is 0 Å². The van der Waals surface area contributed by atoms with E-state index in [4.69, 9.17) is 0 Å². The zero-order valence-corrected chi connectivity index (χ0v) is 21.8. The molecule has 0 fully saturated rings. The van der Waals surface area contributed by atoms with Gasteiger partial charge in [-0.25, -0.2) is 17.5 Å². The third kappa shape index (κ3) is 7.71. The highest BCUT2D eigenvalue weighted by Gasteiger charge is 2.31. The van der Waals surface area contributed by atoms with Crippen molar-refractivity contribution in [3.8, 4) is 0 Å². The molecule has 2 amide bonds. The van der Waals surface area contributed by atoms with E-state index in [9.17, 15) is 22.4 Å². The molecule has 3 aromatic carbocycles. The summed E-state index contributed by atoms with van der Waals surface area (Å²) in [5, 5.41) is 2.82. The molecule has 0 saturated heterocycles. The lowest BCUT2D eigenvalue weighted by Gasteiger charge is -2.31. The third-order valence-electron chi connectivity index (χ3n) is 5.81. The Bertz CT molecular complexity index is 1280. The van der Waals surface area contributed by atoms with E-state index in [1.54, 1.807) is 43.3 Å². The fourth-order valence-corrected chi connectivity index (χ4v) is 5.03. The van der Waals surface area contributed by atoms with Crippen LogP contribution in [0.1, 0.15) is 43.0 Å². The normalized spacial score (nSPS) is 12.1. The number of nitrogens with one attached hydrogen (secondary N) is 2. The molecule has 9 heteroatoms. The maximum atomic E-state index is 13.6. The smallest absolute Gasteiger partial charge is 0.247 e. The SMILES string of the molecule is CCNC(=O)[C@H](c1ccccc1)N(Cc1ccc(F)cc1)C(=O)CCc1ccc(S(=O)(=O)NCC)cc1. The highest BCUT2D eigenvalue weighted by atomic mass is 32.2. The van der Waals surface area contributed by atoms with Crippen molar-refractivity contribution >= 4 is 21.8 Å². The summed E-state index contributed by atoms with van der Waals surface area (Å²) in [7, 11) is -3.56. The Balaban J connectivity index is 1.86. The molecule has 3 rings (SSSR count). The average molecular weight is 526 g/mol. The quantitative estimate of drug-likeness (QED) is 0.374. The average Bonchev–Trinajstić information content (AvgIpc) is 2.89. The number of carbonyl (C=O) groups is 2. The highest BCUT2D eigenvalue weighted by molar-refractivity contribution is 7.89. The van der Waals surface area contributed by atoms with Crippen molar-refractivity contribution in [2.24, 2.45) is 0 Å². The van der Waals surface area contributed by atoms with E-state index in [0.29, 0.717) is 24.1 Å². The zero-order valence-electron chi connectivity index (χ0n) is 21.0. The van der Waals surface area contributed by atoms with Crippen LogP contribution in [0, 0.1) is 5.82 Å². The molecule has 0 aliphatic rings. The van der Waals surface area contributed by atoms with E-state index in [1.807, 2.05) is 25.1 Å². The Morgan fingerprint density at radius 2 is 1.49 bits per heavy atom. The lowest BCUT2D eigenvalue weighted by Crippen LogP contribution is -2.43. The number of halogens is 1. The molecule has 0 heterocycles. The summed E-state index contributed by atoms with van der Waals surface area (Å²) in [6.45, 7) is 4.33. The van der Waals surface area contributed by atoms with Crippen LogP contribution in [0.5, 0.6) is 0 Å². The van der Waals surface area contributed by atoms with Crippen LogP contribution in [0.4, 0.5) is 4.39 Å². The van der Waals surface area contributed by atoms with Gasteiger partial charge in [-0.3, -0.25) is 9.59 Å². The molecule has 0 unspecified atom stereocenters. The van der Waals surface area contributed by atoms with Crippen molar-refractivity contribution in [2.75, 3.05) is 13.1 Å². The van der Waals surface area contributed by atoms with Crippen molar-refractivity contribution in [2.45, 2.75) is 44.2 Å². The highest BCUT2D eigenvalue weighted by Crippen LogP contribution is 2.25. The molecule has 2 N–H and O–H groups in total. The summed E-state index contributed by atoms with van der Waals surface area (Å²) in [6, 6.07) is 20.4. The van der Waals surface area contributed by atoms with Gasteiger partial charge in [0, 0.05) is 26.1 Å². The molecule has 7 nitrogen and oxygen atoms in total. The minimum atomic E-state index is -3.56. The van der Waals surface area contributed by atoms with Crippen LogP contribution in [-0.4, -0.2) is 38.2 Å². The van der Waals surface area contributed by atoms with Crippen molar-refractivity contribution in [1.82, 2.24) is 14.9 Å². The van der Waals surface area contributed by atoms with Gasteiger partial charge in [0.05, 0.1) is 4.90 Å². The van der Waals surface area contributed by atoms with Gasteiger partial charge in [-0.05, 0) is 54.3 Å². The topological polar surface area (TPSA) is 95.6 Å². The molecule has 0 bridgehead atoms. The first-order valence-electron chi connectivity index (χ1n) is 12.2. The number of sulfonamides is 1. The lowest BCUT2D eigenvalue weighted by atomic mass is 10.0. The summed E-state index contributed by atoms with van der Waals surface area (Å²) in [6.07, 6.45) is 0.459. The van der Waals surface area contributed by atoms with Crippen molar-refractivity contribution in [3.05, 3.63) is 101 Å². The number of hydrogen-bond donors (Lipinski definition) is 2. The number of carbonyl (C=O) groups excluding carboxylic acids is 2. The summed E-state index contributed by atoms with van der Waals surface area (Å²) in [4.78, 5) is 28.4. The van der Waals surface area contributed by atoms with Crippen molar-refractivity contribution < 1.29 is 22.4 Å². The number of hydrogen-bond acceptors (Lipinski definition) is 4. The lowest BCUT2D eigenvalue weighted by molar-refractivity contribution is -0.141. The second-order valence-electron chi connectivity index (χ2n) is 8.50. The van der Waals surface area contributed by atoms with Crippen LogP contribution in [0.3, 0.4) is 0 Å². The summed E-state index contributed by atoms with van der Waals surface area (Å²) in [5.41, 5.74) is 2.15. The molecule has 0 aliphatic heterocycles. The van der Waals surface area contributed by atoms with E-state index in [-0.39, 0.29) is 42.0 Å². The summed E-state index contributed by atoms with van der Waals surface area (Å²) >= 11 is 0. The molecule has 0 aliphatic carbocycles. The maximum Gasteiger partial charge on any atom is 0.247 e. The van der Waals surface area contributed by atoms with Gasteiger partial charge >= 0.3 is 0 Å². The summed E-state index contributed by atoms with van der Waals surface area (Å²) in [5.74, 6) is -0.944.